The van der Waals surface area contributed by atoms with E-state index >= 15 is 0 Å². The lowest BCUT2D eigenvalue weighted by molar-refractivity contribution is 0.477. The lowest BCUT2D eigenvalue weighted by atomic mass is 10.4. The fourth-order valence-electron chi connectivity index (χ4n) is 0.576. The Labute approximate surface area is 56.3 Å². The minimum atomic E-state index is -0.572. The maximum atomic E-state index is 10.6. The van der Waals surface area contributed by atoms with Crippen molar-refractivity contribution in [3.63, 3.8) is 0 Å². The van der Waals surface area contributed by atoms with Crippen LogP contribution in [0.3, 0.4) is 0 Å². The average molecular weight is 141 g/mol. The molecule has 5 heteroatoms. The van der Waals surface area contributed by atoms with Gasteiger partial charge >= 0.3 is 0 Å². The van der Waals surface area contributed by atoms with Gasteiger partial charge in [-0.15, -0.1) is 0 Å². The second-order valence-electron chi connectivity index (χ2n) is 1.85. The summed E-state index contributed by atoms with van der Waals surface area (Å²) in [5.41, 5.74) is 9.47. The van der Waals surface area contributed by atoms with Gasteiger partial charge in [0.05, 0.1) is 0 Å². The first-order valence-corrected chi connectivity index (χ1v) is 2.58. The van der Waals surface area contributed by atoms with E-state index in [0.717, 1.165) is 0 Å². The van der Waals surface area contributed by atoms with E-state index in [1.54, 1.807) is 0 Å². The van der Waals surface area contributed by atoms with Crippen molar-refractivity contribution in [1.82, 2.24) is 4.98 Å². The lowest BCUT2D eigenvalue weighted by Crippen LogP contribution is -2.12. The molecule has 0 unspecified atom stereocenters. The summed E-state index contributed by atoms with van der Waals surface area (Å²) in [7, 11) is 0. The van der Waals surface area contributed by atoms with Gasteiger partial charge < -0.3 is 21.6 Å². The van der Waals surface area contributed by atoms with Crippen LogP contribution in [0.25, 0.3) is 0 Å². The number of anilines is 2. The Kier molecular flexibility index (Phi) is 1.26. The minimum Gasteiger partial charge on any atom is -0.505 e. The molecule has 0 atom stereocenters. The summed E-state index contributed by atoms with van der Waals surface area (Å²) >= 11 is 0. The van der Waals surface area contributed by atoms with Gasteiger partial charge in [-0.25, -0.2) is 0 Å². The number of hydrogen-bond donors (Lipinski definition) is 4. The Bertz CT molecular complexity index is 304. The summed E-state index contributed by atoms with van der Waals surface area (Å²) in [5, 5.41) is 8.86. The van der Waals surface area contributed by atoms with Gasteiger partial charge in [0.15, 0.2) is 0 Å². The van der Waals surface area contributed by atoms with Crippen molar-refractivity contribution in [3.05, 3.63) is 16.4 Å². The molecule has 0 saturated carbocycles. The van der Waals surface area contributed by atoms with Gasteiger partial charge in [0.25, 0.3) is 5.56 Å². The summed E-state index contributed by atoms with van der Waals surface area (Å²) in [4.78, 5) is 12.9. The zero-order valence-corrected chi connectivity index (χ0v) is 5.09. The van der Waals surface area contributed by atoms with Crippen LogP contribution in [0.15, 0.2) is 10.9 Å². The van der Waals surface area contributed by atoms with E-state index < -0.39 is 5.56 Å². The predicted octanol–water partition coefficient (Wildman–Crippen LogP) is -0.755. The molecule has 0 amide bonds. The van der Waals surface area contributed by atoms with E-state index in [1.807, 2.05) is 0 Å². The van der Waals surface area contributed by atoms with Crippen LogP contribution in [-0.4, -0.2) is 10.1 Å². The summed E-state index contributed by atoms with van der Waals surface area (Å²) in [6, 6.07) is 1.18. The summed E-state index contributed by atoms with van der Waals surface area (Å²) < 4.78 is 0. The first-order valence-electron chi connectivity index (χ1n) is 2.58. The lowest BCUT2D eigenvalue weighted by Gasteiger charge is -1.96. The molecule has 1 aromatic rings. The molecular formula is C5H7N3O2. The van der Waals surface area contributed by atoms with Gasteiger partial charge in [0.1, 0.15) is 17.3 Å². The van der Waals surface area contributed by atoms with Crippen molar-refractivity contribution in [2.75, 3.05) is 11.5 Å². The van der Waals surface area contributed by atoms with Crippen LogP contribution >= 0.6 is 0 Å². The summed E-state index contributed by atoms with van der Waals surface area (Å²) in [6.07, 6.45) is 0. The number of nitrogens with one attached hydrogen (secondary N) is 1. The molecule has 54 valence electrons. The van der Waals surface area contributed by atoms with E-state index in [4.69, 9.17) is 16.6 Å². The van der Waals surface area contributed by atoms with Crippen LogP contribution in [0.2, 0.25) is 0 Å². The molecule has 0 radical (unpaired) electrons. The first kappa shape index (κ1) is 6.47. The molecule has 5 nitrogen and oxygen atoms in total. The van der Waals surface area contributed by atoms with Gasteiger partial charge in [-0.1, -0.05) is 0 Å². The number of nitrogen functional groups attached to an aromatic ring is 2. The molecule has 0 spiro atoms. The number of H-pyrrole nitrogens is 1. The van der Waals surface area contributed by atoms with Crippen LogP contribution in [0.5, 0.6) is 5.75 Å². The van der Waals surface area contributed by atoms with E-state index in [0.29, 0.717) is 0 Å². The number of nitrogens with two attached hydrogens (primary N) is 2. The second-order valence-corrected chi connectivity index (χ2v) is 1.85. The average Bonchev–Trinajstić information content (AvgIpc) is 1.82. The first-order chi connectivity index (χ1) is 4.61. The highest BCUT2D eigenvalue weighted by Gasteiger charge is 2.00. The van der Waals surface area contributed by atoms with Crippen LogP contribution in [0.4, 0.5) is 11.5 Å². The number of rotatable bonds is 0. The van der Waals surface area contributed by atoms with Gasteiger partial charge in [-0.05, 0) is 0 Å². The number of aromatic nitrogens is 1. The maximum Gasteiger partial charge on any atom is 0.276 e. The zero-order valence-electron chi connectivity index (χ0n) is 5.09. The predicted molar refractivity (Wildman–Crippen MR) is 37.6 cm³/mol. The zero-order chi connectivity index (χ0) is 7.72. The third-order valence-corrected chi connectivity index (χ3v) is 1.07. The number of pyridine rings is 1. The molecule has 1 aromatic heterocycles. The van der Waals surface area contributed by atoms with Crippen LogP contribution in [0.1, 0.15) is 0 Å². The molecule has 1 rings (SSSR count). The normalized spacial score (nSPS) is 9.60. The maximum absolute atomic E-state index is 10.6. The Morgan fingerprint density at radius 2 is 2.10 bits per heavy atom. The van der Waals surface area contributed by atoms with Crippen LogP contribution in [-0.2, 0) is 0 Å². The summed E-state index contributed by atoms with van der Waals surface area (Å²) in [5.74, 6) is -0.196. The highest BCUT2D eigenvalue weighted by molar-refractivity contribution is 5.53. The van der Waals surface area contributed by atoms with Crippen molar-refractivity contribution >= 4 is 11.5 Å². The molecule has 10 heavy (non-hydrogen) atoms. The molecular weight excluding hydrogens is 134 g/mol. The smallest absolute Gasteiger partial charge is 0.276 e. The topological polar surface area (TPSA) is 105 Å². The quantitative estimate of drug-likeness (QED) is 0.381. The molecule has 0 aliphatic carbocycles. The number of hydrogen-bond acceptors (Lipinski definition) is 4. The van der Waals surface area contributed by atoms with Crippen molar-refractivity contribution in [3.8, 4) is 5.75 Å². The van der Waals surface area contributed by atoms with Crippen molar-refractivity contribution in [2.24, 2.45) is 0 Å². The monoisotopic (exact) mass is 141 g/mol. The standard InChI is InChI=1S/C5H7N3O2/c6-3-1-2(9)4(7)5(10)8-3/h1H,7H2,(H4,6,8,9,10). The molecule has 1 heterocycles. The minimum absolute atomic E-state index is 0.0942. The van der Waals surface area contributed by atoms with Gasteiger partial charge in [0, 0.05) is 6.07 Å². The molecule has 0 aliphatic rings. The van der Waals surface area contributed by atoms with E-state index in [-0.39, 0.29) is 17.3 Å². The van der Waals surface area contributed by atoms with Crippen molar-refractivity contribution < 1.29 is 5.11 Å². The van der Waals surface area contributed by atoms with Crippen LogP contribution in [0, 0.1) is 0 Å². The van der Waals surface area contributed by atoms with E-state index in [1.165, 1.54) is 6.07 Å². The van der Waals surface area contributed by atoms with E-state index in [9.17, 15) is 4.79 Å². The van der Waals surface area contributed by atoms with Crippen LogP contribution < -0.4 is 17.0 Å². The Morgan fingerprint density at radius 1 is 1.50 bits per heavy atom. The highest BCUT2D eigenvalue weighted by Crippen LogP contribution is 2.14. The Morgan fingerprint density at radius 3 is 2.60 bits per heavy atom. The molecule has 6 N–H and O–H groups in total. The Balaban J connectivity index is 3.46. The Hall–Kier alpha value is -1.65. The van der Waals surface area contributed by atoms with Crippen molar-refractivity contribution in [1.29, 1.82) is 0 Å². The second kappa shape index (κ2) is 1.94. The van der Waals surface area contributed by atoms with Gasteiger partial charge in [-0.3, -0.25) is 4.79 Å². The fourth-order valence-corrected chi connectivity index (χ4v) is 0.576. The SMILES string of the molecule is Nc1cc(O)c(N)c(=O)[nH]1. The van der Waals surface area contributed by atoms with Crippen molar-refractivity contribution in [2.45, 2.75) is 0 Å². The van der Waals surface area contributed by atoms with Gasteiger partial charge in [-0.2, -0.15) is 0 Å². The molecule has 0 aromatic carbocycles. The number of aromatic amines is 1. The molecule has 0 aliphatic heterocycles. The molecule has 0 saturated heterocycles. The fraction of sp³-hybridized carbons (Fsp3) is 0. The highest BCUT2D eigenvalue weighted by atomic mass is 16.3. The third kappa shape index (κ3) is 0.883. The number of aromatic hydroxyl groups is 1. The summed E-state index contributed by atoms with van der Waals surface area (Å²) in [6.45, 7) is 0. The largest absolute Gasteiger partial charge is 0.505 e. The van der Waals surface area contributed by atoms with Gasteiger partial charge in [0.2, 0.25) is 0 Å². The molecule has 0 bridgehead atoms. The molecule has 0 fully saturated rings. The third-order valence-electron chi connectivity index (χ3n) is 1.07. The van der Waals surface area contributed by atoms with E-state index in [2.05, 4.69) is 4.98 Å².